The molecule has 5 nitrogen and oxygen atoms in total. The zero-order valence-corrected chi connectivity index (χ0v) is 10.5. The molecule has 3 atom stereocenters. The maximum absolute atomic E-state index is 10.6. The first-order valence-corrected chi connectivity index (χ1v) is 7.45. The van der Waals surface area contributed by atoms with Gasteiger partial charge in [0.2, 0.25) is 0 Å². The van der Waals surface area contributed by atoms with Crippen LogP contribution in [0.15, 0.2) is 0 Å². The zero-order chi connectivity index (χ0) is 11.8. The largest absolute Gasteiger partial charge is 0.360 e. The van der Waals surface area contributed by atoms with Crippen molar-refractivity contribution < 1.29 is 17.7 Å². The van der Waals surface area contributed by atoms with Gasteiger partial charge in [0, 0.05) is 19.1 Å². The predicted octanol–water partition coefficient (Wildman–Crippen LogP) is 0.550. The minimum atomic E-state index is -3.81. The fraction of sp³-hybridized carbons (Fsp3) is 1.00. The molecule has 0 amide bonds. The molecule has 2 fully saturated rings. The Bertz CT molecular complexity index is 347. The van der Waals surface area contributed by atoms with Crippen LogP contribution in [0.3, 0.4) is 0 Å². The van der Waals surface area contributed by atoms with Crippen molar-refractivity contribution in [2.45, 2.75) is 24.4 Å². The minimum Gasteiger partial charge on any atom is -0.360 e. The Morgan fingerprint density at radius 2 is 2.25 bits per heavy atom. The van der Waals surface area contributed by atoms with E-state index in [2.05, 4.69) is 4.90 Å². The van der Waals surface area contributed by atoms with Crippen molar-refractivity contribution in [1.82, 2.24) is 4.90 Å². The van der Waals surface area contributed by atoms with Crippen molar-refractivity contribution in [1.29, 1.82) is 0 Å². The summed E-state index contributed by atoms with van der Waals surface area (Å²) in [5, 5.41) is 0. The Morgan fingerprint density at radius 3 is 2.88 bits per heavy atom. The third-order valence-electron chi connectivity index (χ3n) is 3.16. The monoisotopic (exact) mass is 269 g/mol. The van der Waals surface area contributed by atoms with Crippen LogP contribution in [0, 0.1) is 5.92 Å². The SMILES string of the molecule is O=S(=O)(O)CCC1CC1N1CCOC(Cl)C1. The number of nitrogens with zero attached hydrogens (tertiary/aromatic N) is 1. The van der Waals surface area contributed by atoms with Gasteiger partial charge in [0.15, 0.2) is 0 Å². The van der Waals surface area contributed by atoms with Crippen LogP contribution in [0.5, 0.6) is 0 Å². The Hall–Kier alpha value is 0.120. The normalized spacial score (nSPS) is 36.2. The van der Waals surface area contributed by atoms with Gasteiger partial charge in [-0.3, -0.25) is 9.45 Å². The lowest BCUT2D eigenvalue weighted by molar-refractivity contribution is 0.00844. The van der Waals surface area contributed by atoms with E-state index < -0.39 is 10.1 Å². The number of rotatable bonds is 4. The van der Waals surface area contributed by atoms with Crippen LogP contribution in [0.25, 0.3) is 0 Å². The van der Waals surface area contributed by atoms with Crippen molar-refractivity contribution in [2.75, 3.05) is 25.4 Å². The molecule has 1 heterocycles. The zero-order valence-electron chi connectivity index (χ0n) is 8.88. The molecule has 1 aliphatic heterocycles. The highest BCUT2D eigenvalue weighted by molar-refractivity contribution is 7.85. The maximum Gasteiger partial charge on any atom is 0.264 e. The van der Waals surface area contributed by atoms with Crippen molar-refractivity contribution in [2.24, 2.45) is 5.92 Å². The van der Waals surface area contributed by atoms with Gasteiger partial charge in [-0.1, -0.05) is 11.6 Å². The van der Waals surface area contributed by atoms with E-state index in [-0.39, 0.29) is 11.3 Å². The lowest BCUT2D eigenvalue weighted by atomic mass is 10.3. The number of ether oxygens (including phenoxy) is 1. The lowest BCUT2D eigenvalue weighted by Crippen LogP contribution is -2.42. The first-order chi connectivity index (χ1) is 7.46. The van der Waals surface area contributed by atoms with E-state index in [9.17, 15) is 8.42 Å². The fourth-order valence-electron chi connectivity index (χ4n) is 2.22. The standard InChI is InChI=1S/C9H16ClNO4S/c10-9-6-11(2-3-15-9)8-5-7(8)1-4-16(12,13)14/h7-9H,1-6H2,(H,12,13,14). The molecule has 7 heteroatoms. The summed E-state index contributed by atoms with van der Waals surface area (Å²) < 4.78 is 35.1. The van der Waals surface area contributed by atoms with Gasteiger partial charge in [-0.15, -0.1) is 0 Å². The van der Waals surface area contributed by atoms with E-state index in [0.29, 0.717) is 31.5 Å². The first-order valence-electron chi connectivity index (χ1n) is 5.40. The number of halogens is 1. The molecule has 1 saturated heterocycles. The third-order valence-corrected chi connectivity index (χ3v) is 4.17. The summed E-state index contributed by atoms with van der Waals surface area (Å²) in [4.78, 5) is 2.25. The summed E-state index contributed by atoms with van der Waals surface area (Å²) in [5.41, 5.74) is -0.253. The summed E-state index contributed by atoms with van der Waals surface area (Å²) in [6.07, 6.45) is 1.53. The summed E-state index contributed by atoms with van der Waals surface area (Å²) in [6.45, 7) is 2.19. The van der Waals surface area contributed by atoms with E-state index in [0.717, 1.165) is 13.0 Å². The first kappa shape index (κ1) is 12.6. The Morgan fingerprint density at radius 1 is 1.50 bits per heavy atom. The van der Waals surface area contributed by atoms with Gasteiger partial charge in [-0.25, -0.2) is 0 Å². The summed E-state index contributed by atoms with van der Waals surface area (Å²) in [5.74, 6) is 0.243. The Balaban J connectivity index is 1.74. The van der Waals surface area contributed by atoms with Crippen LogP contribution >= 0.6 is 11.6 Å². The topological polar surface area (TPSA) is 66.8 Å². The predicted molar refractivity (Wildman–Crippen MR) is 60.1 cm³/mol. The summed E-state index contributed by atoms with van der Waals surface area (Å²) in [6, 6.07) is 0.423. The van der Waals surface area contributed by atoms with Gasteiger partial charge in [0.1, 0.15) is 5.56 Å². The van der Waals surface area contributed by atoms with Crippen molar-refractivity contribution >= 4 is 21.7 Å². The maximum atomic E-state index is 10.6. The second-order valence-electron chi connectivity index (χ2n) is 4.41. The quantitative estimate of drug-likeness (QED) is 0.596. The summed E-state index contributed by atoms with van der Waals surface area (Å²) >= 11 is 5.88. The van der Waals surface area contributed by atoms with Crippen LogP contribution in [0.4, 0.5) is 0 Å². The number of hydrogen-bond acceptors (Lipinski definition) is 4. The molecule has 0 radical (unpaired) electrons. The summed E-state index contributed by atoms with van der Waals surface area (Å²) in [7, 11) is -3.81. The van der Waals surface area contributed by atoms with Crippen LogP contribution in [0.1, 0.15) is 12.8 Å². The van der Waals surface area contributed by atoms with Crippen LogP contribution < -0.4 is 0 Å². The highest BCUT2D eigenvalue weighted by Gasteiger charge is 2.43. The van der Waals surface area contributed by atoms with Crippen molar-refractivity contribution in [3.05, 3.63) is 0 Å². The van der Waals surface area contributed by atoms with Gasteiger partial charge in [-0.2, -0.15) is 8.42 Å². The molecule has 3 unspecified atom stereocenters. The minimum absolute atomic E-state index is 0.136. The smallest absolute Gasteiger partial charge is 0.264 e. The van der Waals surface area contributed by atoms with Crippen molar-refractivity contribution in [3.8, 4) is 0 Å². The molecule has 2 aliphatic rings. The van der Waals surface area contributed by atoms with Gasteiger partial charge in [0.05, 0.1) is 12.4 Å². The van der Waals surface area contributed by atoms with E-state index in [1.54, 1.807) is 0 Å². The van der Waals surface area contributed by atoms with Gasteiger partial charge in [-0.05, 0) is 18.8 Å². The van der Waals surface area contributed by atoms with Crippen LogP contribution in [-0.4, -0.2) is 54.9 Å². The van der Waals surface area contributed by atoms with E-state index in [4.69, 9.17) is 20.9 Å². The highest BCUT2D eigenvalue weighted by Crippen LogP contribution is 2.39. The van der Waals surface area contributed by atoms with Crippen molar-refractivity contribution in [3.63, 3.8) is 0 Å². The number of alkyl halides is 1. The molecular weight excluding hydrogens is 254 g/mol. The number of morpholine rings is 1. The second kappa shape index (κ2) is 4.78. The van der Waals surface area contributed by atoms with Gasteiger partial charge >= 0.3 is 0 Å². The number of hydrogen-bond donors (Lipinski definition) is 1. The molecule has 1 aliphatic carbocycles. The van der Waals surface area contributed by atoms with E-state index >= 15 is 0 Å². The van der Waals surface area contributed by atoms with Crippen LogP contribution in [-0.2, 0) is 14.9 Å². The second-order valence-corrected chi connectivity index (χ2v) is 6.47. The molecule has 0 spiro atoms. The van der Waals surface area contributed by atoms with E-state index in [1.165, 1.54) is 0 Å². The third kappa shape index (κ3) is 3.56. The molecule has 94 valence electrons. The molecular formula is C9H16ClNO4S. The molecule has 0 aromatic rings. The highest BCUT2D eigenvalue weighted by atomic mass is 35.5. The average Bonchev–Trinajstić information content (AvgIpc) is 2.93. The average molecular weight is 270 g/mol. The Kier molecular flexibility index (Phi) is 3.75. The van der Waals surface area contributed by atoms with E-state index in [1.807, 2.05) is 0 Å². The van der Waals surface area contributed by atoms with Crippen LogP contribution in [0.2, 0.25) is 0 Å². The molecule has 16 heavy (non-hydrogen) atoms. The molecule has 2 rings (SSSR count). The van der Waals surface area contributed by atoms with Gasteiger partial charge in [0.25, 0.3) is 10.1 Å². The lowest BCUT2D eigenvalue weighted by Gasteiger charge is -2.30. The Labute approximate surface area is 100 Å². The fourth-order valence-corrected chi connectivity index (χ4v) is 3.08. The molecule has 0 aromatic carbocycles. The molecule has 1 saturated carbocycles. The molecule has 0 bridgehead atoms. The molecule has 0 aromatic heterocycles. The van der Waals surface area contributed by atoms with Gasteiger partial charge < -0.3 is 4.74 Å². The molecule has 1 N–H and O–H groups in total.